The Labute approximate surface area is 136 Å². The van der Waals surface area contributed by atoms with Crippen LogP contribution in [0.15, 0.2) is 30.3 Å². The van der Waals surface area contributed by atoms with Crippen LogP contribution in [0, 0.1) is 0 Å². The van der Waals surface area contributed by atoms with Crippen molar-refractivity contribution in [2.45, 2.75) is 64.3 Å². The summed E-state index contributed by atoms with van der Waals surface area (Å²) in [5, 5.41) is 12.8. The summed E-state index contributed by atoms with van der Waals surface area (Å²) >= 11 is 0. The molecule has 0 radical (unpaired) electrons. The van der Waals surface area contributed by atoms with E-state index in [4.69, 9.17) is 4.74 Å². The third kappa shape index (κ3) is 9.80. The predicted octanol–water partition coefficient (Wildman–Crippen LogP) is 4.16. The van der Waals surface area contributed by atoms with Gasteiger partial charge >= 0.3 is 0 Å². The van der Waals surface area contributed by atoms with Gasteiger partial charge in [-0.05, 0) is 31.5 Å². The zero-order chi connectivity index (χ0) is 15.9. The second-order valence-electron chi connectivity index (χ2n) is 5.91. The van der Waals surface area contributed by atoms with Crippen molar-refractivity contribution in [3.63, 3.8) is 0 Å². The van der Waals surface area contributed by atoms with Crippen molar-refractivity contribution in [3.05, 3.63) is 30.3 Å². The standard InChI is InChI=1S/C19H33NO2/c1-2-3-4-5-6-7-11-15-20-18(17-21)14-16-22-19-12-9-8-10-13-19/h8-10,12-13,18,20-21H,2-7,11,14-17H2,1H3. The molecule has 0 aliphatic carbocycles. The van der Waals surface area contributed by atoms with Gasteiger partial charge in [-0.25, -0.2) is 0 Å². The summed E-state index contributed by atoms with van der Waals surface area (Å²) < 4.78 is 5.67. The summed E-state index contributed by atoms with van der Waals surface area (Å²) in [6.45, 7) is 4.05. The molecule has 0 saturated heterocycles. The lowest BCUT2D eigenvalue weighted by atomic mass is 10.1. The maximum atomic E-state index is 9.40. The molecule has 0 fully saturated rings. The van der Waals surface area contributed by atoms with E-state index in [0.717, 1.165) is 18.7 Å². The molecule has 0 bridgehead atoms. The Morgan fingerprint density at radius 1 is 1.00 bits per heavy atom. The minimum absolute atomic E-state index is 0.142. The van der Waals surface area contributed by atoms with Crippen molar-refractivity contribution < 1.29 is 9.84 Å². The van der Waals surface area contributed by atoms with Crippen LogP contribution in [-0.4, -0.2) is 30.9 Å². The first kappa shape index (κ1) is 19.0. The monoisotopic (exact) mass is 307 g/mol. The summed E-state index contributed by atoms with van der Waals surface area (Å²) in [5.41, 5.74) is 0. The molecule has 1 atom stereocenters. The second-order valence-corrected chi connectivity index (χ2v) is 5.91. The van der Waals surface area contributed by atoms with Crippen LogP contribution < -0.4 is 10.1 Å². The quantitative estimate of drug-likeness (QED) is 0.507. The van der Waals surface area contributed by atoms with E-state index < -0.39 is 0 Å². The van der Waals surface area contributed by atoms with Crippen molar-refractivity contribution in [2.75, 3.05) is 19.8 Å². The molecular formula is C19H33NO2. The maximum absolute atomic E-state index is 9.40. The molecule has 22 heavy (non-hydrogen) atoms. The Balaban J connectivity index is 1.98. The van der Waals surface area contributed by atoms with E-state index in [0.29, 0.717) is 6.61 Å². The largest absolute Gasteiger partial charge is 0.494 e. The van der Waals surface area contributed by atoms with E-state index in [2.05, 4.69) is 12.2 Å². The van der Waals surface area contributed by atoms with Crippen LogP contribution in [0.2, 0.25) is 0 Å². The van der Waals surface area contributed by atoms with Crippen LogP contribution in [0.1, 0.15) is 58.3 Å². The SMILES string of the molecule is CCCCCCCCCNC(CO)CCOc1ccccc1. The number of para-hydroxylation sites is 1. The second kappa shape index (κ2) is 13.6. The highest BCUT2D eigenvalue weighted by molar-refractivity contribution is 5.20. The third-order valence-electron chi connectivity index (χ3n) is 3.91. The lowest BCUT2D eigenvalue weighted by Gasteiger charge is -2.16. The molecular weight excluding hydrogens is 274 g/mol. The Kier molecular flexibility index (Phi) is 11.7. The van der Waals surface area contributed by atoms with Gasteiger partial charge in [-0.3, -0.25) is 0 Å². The Hall–Kier alpha value is -1.06. The van der Waals surface area contributed by atoms with E-state index in [9.17, 15) is 5.11 Å². The summed E-state index contributed by atoms with van der Waals surface area (Å²) in [6.07, 6.45) is 10.1. The smallest absolute Gasteiger partial charge is 0.119 e. The van der Waals surface area contributed by atoms with E-state index in [1.807, 2.05) is 30.3 Å². The first-order chi connectivity index (χ1) is 10.9. The highest BCUT2D eigenvalue weighted by Gasteiger charge is 2.06. The number of hydrogen-bond acceptors (Lipinski definition) is 3. The Morgan fingerprint density at radius 2 is 1.68 bits per heavy atom. The lowest BCUT2D eigenvalue weighted by molar-refractivity contribution is 0.208. The van der Waals surface area contributed by atoms with Crippen molar-refractivity contribution in [3.8, 4) is 5.75 Å². The van der Waals surface area contributed by atoms with Gasteiger partial charge in [0, 0.05) is 6.04 Å². The van der Waals surface area contributed by atoms with Crippen LogP contribution in [-0.2, 0) is 0 Å². The minimum atomic E-state index is 0.142. The fraction of sp³-hybridized carbons (Fsp3) is 0.684. The van der Waals surface area contributed by atoms with Crippen LogP contribution in [0.5, 0.6) is 5.75 Å². The van der Waals surface area contributed by atoms with Crippen molar-refractivity contribution in [1.82, 2.24) is 5.32 Å². The third-order valence-corrected chi connectivity index (χ3v) is 3.91. The minimum Gasteiger partial charge on any atom is -0.494 e. The van der Waals surface area contributed by atoms with Crippen molar-refractivity contribution >= 4 is 0 Å². The number of aliphatic hydroxyl groups is 1. The van der Waals surface area contributed by atoms with Crippen molar-refractivity contribution in [2.24, 2.45) is 0 Å². The molecule has 1 rings (SSSR count). The fourth-order valence-electron chi connectivity index (χ4n) is 2.48. The first-order valence-corrected chi connectivity index (χ1v) is 8.89. The zero-order valence-corrected chi connectivity index (χ0v) is 14.1. The van der Waals surface area contributed by atoms with Gasteiger partial charge in [-0.15, -0.1) is 0 Å². The molecule has 0 aliphatic heterocycles. The number of nitrogens with one attached hydrogen (secondary N) is 1. The van der Waals surface area contributed by atoms with E-state index in [1.165, 1.54) is 44.9 Å². The molecule has 1 aromatic carbocycles. The summed E-state index contributed by atoms with van der Waals surface area (Å²) in [4.78, 5) is 0. The summed E-state index contributed by atoms with van der Waals surface area (Å²) in [6, 6.07) is 9.98. The zero-order valence-electron chi connectivity index (χ0n) is 14.1. The van der Waals surface area contributed by atoms with E-state index >= 15 is 0 Å². The Morgan fingerprint density at radius 3 is 2.36 bits per heavy atom. The molecule has 0 heterocycles. The molecule has 3 nitrogen and oxygen atoms in total. The summed E-state index contributed by atoms with van der Waals surface area (Å²) in [7, 11) is 0. The molecule has 1 aromatic rings. The molecule has 3 heteroatoms. The van der Waals surface area contributed by atoms with Gasteiger partial charge in [-0.1, -0.05) is 63.6 Å². The molecule has 0 aliphatic rings. The molecule has 0 saturated carbocycles. The number of ether oxygens (including phenoxy) is 1. The van der Waals surface area contributed by atoms with Gasteiger partial charge in [0.25, 0.3) is 0 Å². The van der Waals surface area contributed by atoms with Crippen molar-refractivity contribution in [1.29, 1.82) is 0 Å². The van der Waals surface area contributed by atoms with Gasteiger partial charge in [0.15, 0.2) is 0 Å². The van der Waals surface area contributed by atoms with Crippen LogP contribution in [0.3, 0.4) is 0 Å². The number of benzene rings is 1. The molecule has 1 unspecified atom stereocenters. The van der Waals surface area contributed by atoms with Crippen LogP contribution >= 0.6 is 0 Å². The number of aliphatic hydroxyl groups excluding tert-OH is 1. The molecule has 2 N–H and O–H groups in total. The highest BCUT2D eigenvalue weighted by Crippen LogP contribution is 2.09. The van der Waals surface area contributed by atoms with Crippen LogP contribution in [0.4, 0.5) is 0 Å². The highest BCUT2D eigenvalue weighted by atomic mass is 16.5. The van der Waals surface area contributed by atoms with Gasteiger partial charge in [0.2, 0.25) is 0 Å². The molecule has 126 valence electrons. The van der Waals surface area contributed by atoms with E-state index in [1.54, 1.807) is 0 Å². The molecule has 0 aromatic heterocycles. The average Bonchev–Trinajstić information content (AvgIpc) is 2.56. The van der Waals surface area contributed by atoms with Crippen LogP contribution in [0.25, 0.3) is 0 Å². The maximum Gasteiger partial charge on any atom is 0.119 e. The van der Waals surface area contributed by atoms with Gasteiger partial charge in [0.05, 0.1) is 13.2 Å². The normalized spacial score (nSPS) is 12.3. The lowest BCUT2D eigenvalue weighted by Crippen LogP contribution is -2.34. The number of hydrogen-bond donors (Lipinski definition) is 2. The van der Waals surface area contributed by atoms with Gasteiger partial charge < -0.3 is 15.2 Å². The van der Waals surface area contributed by atoms with E-state index in [-0.39, 0.29) is 12.6 Å². The molecule has 0 amide bonds. The topological polar surface area (TPSA) is 41.5 Å². The number of rotatable bonds is 14. The van der Waals surface area contributed by atoms with Gasteiger partial charge in [-0.2, -0.15) is 0 Å². The predicted molar refractivity (Wildman–Crippen MR) is 93.4 cm³/mol. The Bertz CT molecular complexity index is 343. The summed E-state index contributed by atoms with van der Waals surface area (Å²) in [5.74, 6) is 0.895. The fourth-order valence-corrected chi connectivity index (χ4v) is 2.48. The first-order valence-electron chi connectivity index (χ1n) is 8.89. The molecule has 0 spiro atoms. The number of unbranched alkanes of at least 4 members (excludes halogenated alkanes) is 6. The van der Waals surface area contributed by atoms with Gasteiger partial charge in [0.1, 0.15) is 5.75 Å². The average molecular weight is 307 g/mol.